The Morgan fingerprint density at radius 1 is 1.48 bits per heavy atom. The van der Waals surface area contributed by atoms with E-state index < -0.39 is 16.0 Å². The summed E-state index contributed by atoms with van der Waals surface area (Å²) in [5, 5.41) is 17.5. The molecule has 0 amide bonds. The molecule has 0 aliphatic rings. The molecule has 0 heterocycles. The fourth-order valence-electron chi connectivity index (χ4n) is 1.79. The standard InChI is InChI=1S/C13H15BrN2O4S/c1-9(2)16(7-3-6-15)21(19,20)12-5-4-10(13(17)18)8-11(12)14/h4-5,8-9H,3,7H2,1-2H3,(H,17,18). The minimum Gasteiger partial charge on any atom is -0.478 e. The Kier molecular flexibility index (Phi) is 5.89. The molecule has 1 N–H and O–H groups in total. The van der Waals surface area contributed by atoms with E-state index in [-0.39, 0.29) is 33.9 Å². The summed E-state index contributed by atoms with van der Waals surface area (Å²) in [4.78, 5) is 10.9. The molecule has 114 valence electrons. The van der Waals surface area contributed by atoms with Gasteiger partial charge in [0.2, 0.25) is 10.0 Å². The highest BCUT2D eigenvalue weighted by molar-refractivity contribution is 9.10. The lowest BCUT2D eigenvalue weighted by Gasteiger charge is -2.25. The second-order valence-electron chi connectivity index (χ2n) is 4.57. The Balaban J connectivity index is 3.29. The van der Waals surface area contributed by atoms with Crippen LogP contribution in [0.2, 0.25) is 0 Å². The Morgan fingerprint density at radius 3 is 2.52 bits per heavy atom. The normalized spacial score (nSPS) is 11.6. The van der Waals surface area contributed by atoms with Crippen molar-refractivity contribution in [2.45, 2.75) is 31.2 Å². The lowest BCUT2D eigenvalue weighted by atomic mass is 10.2. The lowest BCUT2D eigenvalue weighted by molar-refractivity contribution is 0.0696. The SMILES string of the molecule is CC(C)N(CCC#N)S(=O)(=O)c1ccc(C(=O)O)cc1Br. The summed E-state index contributed by atoms with van der Waals surface area (Å²) < 4.78 is 26.6. The predicted molar refractivity (Wildman–Crippen MR) is 80.4 cm³/mol. The van der Waals surface area contributed by atoms with Crippen LogP contribution in [0.5, 0.6) is 0 Å². The van der Waals surface area contributed by atoms with Crippen LogP contribution in [-0.4, -0.2) is 36.4 Å². The molecule has 0 saturated carbocycles. The Bertz CT molecular complexity index is 680. The van der Waals surface area contributed by atoms with Crippen LogP contribution in [0.25, 0.3) is 0 Å². The maximum absolute atomic E-state index is 12.6. The summed E-state index contributed by atoms with van der Waals surface area (Å²) in [5.41, 5.74) is -0.00560. The van der Waals surface area contributed by atoms with Gasteiger partial charge >= 0.3 is 5.97 Å². The minimum atomic E-state index is -3.80. The first-order chi connectivity index (χ1) is 9.71. The summed E-state index contributed by atoms with van der Waals surface area (Å²) in [5.74, 6) is -1.13. The molecule has 1 aromatic carbocycles. The van der Waals surface area contributed by atoms with Gasteiger partial charge in [-0.15, -0.1) is 0 Å². The minimum absolute atomic E-state index is 0.00560. The van der Waals surface area contributed by atoms with Gasteiger partial charge in [0.05, 0.1) is 16.5 Å². The summed E-state index contributed by atoms with van der Waals surface area (Å²) in [6.07, 6.45) is 0.0856. The number of carboxylic acids is 1. The van der Waals surface area contributed by atoms with E-state index in [1.807, 2.05) is 6.07 Å². The van der Waals surface area contributed by atoms with Crippen LogP contribution in [0, 0.1) is 11.3 Å². The topological polar surface area (TPSA) is 98.5 Å². The van der Waals surface area contributed by atoms with Crippen molar-refractivity contribution < 1.29 is 18.3 Å². The Labute approximate surface area is 132 Å². The first kappa shape index (κ1) is 17.6. The highest BCUT2D eigenvalue weighted by atomic mass is 79.9. The summed E-state index contributed by atoms with van der Waals surface area (Å²) in [6.45, 7) is 3.52. The van der Waals surface area contributed by atoms with Crippen LogP contribution in [-0.2, 0) is 10.0 Å². The number of aromatic carboxylic acids is 1. The van der Waals surface area contributed by atoms with Crippen molar-refractivity contribution >= 4 is 31.9 Å². The van der Waals surface area contributed by atoms with Crippen LogP contribution >= 0.6 is 15.9 Å². The number of carbonyl (C=O) groups is 1. The van der Waals surface area contributed by atoms with E-state index in [2.05, 4.69) is 15.9 Å². The van der Waals surface area contributed by atoms with E-state index >= 15 is 0 Å². The first-order valence-electron chi connectivity index (χ1n) is 6.13. The molecule has 0 aliphatic carbocycles. The van der Waals surface area contributed by atoms with Crippen molar-refractivity contribution in [3.8, 4) is 6.07 Å². The molecule has 0 fully saturated rings. The third-order valence-electron chi connectivity index (χ3n) is 2.79. The van der Waals surface area contributed by atoms with Gasteiger partial charge in [0, 0.05) is 23.5 Å². The fraction of sp³-hybridized carbons (Fsp3) is 0.385. The van der Waals surface area contributed by atoms with E-state index in [4.69, 9.17) is 10.4 Å². The van der Waals surface area contributed by atoms with Crippen molar-refractivity contribution in [3.05, 3.63) is 28.2 Å². The number of nitriles is 1. The van der Waals surface area contributed by atoms with Gasteiger partial charge in [-0.25, -0.2) is 13.2 Å². The molecule has 21 heavy (non-hydrogen) atoms. The molecular formula is C13H15BrN2O4S. The second-order valence-corrected chi connectivity index (χ2v) is 7.28. The maximum atomic E-state index is 12.6. The molecular weight excluding hydrogens is 360 g/mol. The number of nitrogens with zero attached hydrogens (tertiary/aromatic N) is 2. The highest BCUT2D eigenvalue weighted by Gasteiger charge is 2.28. The van der Waals surface area contributed by atoms with Crippen molar-refractivity contribution in [1.29, 1.82) is 5.26 Å². The van der Waals surface area contributed by atoms with Gasteiger partial charge in [0.15, 0.2) is 0 Å². The number of hydrogen-bond donors (Lipinski definition) is 1. The summed E-state index contributed by atoms with van der Waals surface area (Å²) in [6, 6.07) is 5.35. The molecule has 0 bridgehead atoms. The van der Waals surface area contributed by atoms with Gasteiger partial charge in [0.1, 0.15) is 0 Å². The number of rotatable bonds is 6. The van der Waals surface area contributed by atoms with Crippen LogP contribution in [0.1, 0.15) is 30.6 Å². The number of carboxylic acid groups (broad SMARTS) is 1. The smallest absolute Gasteiger partial charge is 0.335 e. The Morgan fingerprint density at radius 2 is 2.10 bits per heavy atom. The molecule has 0 spiro atoms. The van der Waals surface area contributed by atoms with Gasteiger partial charge in [-0.2, -0.15) is 9.57 Å². The van der Waals surface area contributed by atoms with Gasteiger partial charge in [-0.3, -0.25) is 0 Å². The van der Waals surface area contributed by atoms with E-state index in [9.17, 15) is 13.2 Å². The van der Waals surface area contributed by atoms with Crippen LogP contribution in [0.15, 0.2) is 27.6 Å². The van der Waals surface area contributed by atoms with E-state index in [0.29, 0.717) is 0 Å². The van der Waals surface area contributed by atoms with Crippen LogP contribution in [0.4, 0.5) is 0 Å². The molecule has 0 unspecified atom stereocenters. The molecule has 6 nitrogen and oxygen atoms in total. The van der Waals surface area contributed by atoms with E-state index in [1.54, 1.807) is 13.8 Å². The molecule has 0 saturated heterocycles. The number of benzene rings is 1. The second kappa shape index (κ2) is 7.02. The van der Waals surface area contributed by atoms with Crippen molar-refractivity contribution in [2.24, 2.45) is 0 Å². The molecule has 0 radical (unpaired) electrons. The first-order valence-corrected chi connectivity index (χ1v) is 8.36. The van der Waals surface area contributed by atoms with Crippen molar-refractivity contribution in [2.75, 3.05) is 6.54 Å². The number of sulfonamides is 1. The van der Waals surface area contributed by atoms with Gasteiger partial charge < -0.3 is 5.11 Å². The zero-order chi connectivity index (χ0) is 16.2. The average molecular weight is 375 g/mol. The van der Waals surface area contributed by atoms with Crippen molar-refractivity contribution in [1.82, 2.24) is 4.31 Å². The third-order valence-corrected chi connectivity index (χ3v) is 5.84. The predicted octanol–water partition coefficient (Wildman–Crippen LogP) is 2.46. The lowest BCUT2D eigenvalue weighted by Crippen LogP contribution is -2.37. The molecule has 0 atom stereocenters. The summed E-state index contributed by atoms with van der Waals surface area (Å²) >= 11 is 3.10. The van der Waals surface area contributed by atoms with Gasteiger partial charge in [-0.05, 0) is 48.0 Å². The average Bonchev–Trinajstić information content (AvgIpc) is 2.37. The maximum Gasteiger partial charge on any atom is 0.335 e. The molecule has 1 aromatic rings. The fourth-order valence-corrected chi connectivity index (χ4v) is 4.46. The van der Waals surface area contributed by atoms with Crippen LogP contribution < -0.4 is 0 Å². The van der Waals surface area contributed by atoms with Crippen molar-refractivity contribution in [3.63, 3.8) is 0 Å². The quantitative estimate of drug-likeness (QED) is 0.824. The zero-order valence-corrected chi connectivity index (χ0v) is 14.0. The van der Waals surface area contributed by atoms with E-state index in [0.717, 1.165) is 0 Å². The van der Waals surface area contributed by atoms with Gasteiger partial charge in [-0.1, -0.05) is 0 Å². The monoisotopic (exact) mass is 374 g/mol. The largest absolute Gasteiger partial charge is 0.478 e. The van der Waals surface area contributed by atoms with Gasteiger partial charge in [0.25, 0.3) is 0 Å². The molecule has 0 aromatic heterocycles. The molecule has 8 heteroatoms. The Hall–Kier alpha value is -1.43. The van der Waals surface area contributed by atoms with Crippen LogP contribution in [0.3, 0.4) is 0 Å². The highest BCUT2D eigenvalue weighted by Crippen LogP contribution is 2.27. The zero-order valence-electron chi connectivity index (χ0n) is 11.6. The molecule has 0 aliphatic heterocycles. The molecule has 1 rings (SSSR count). The number of hydrogen-bond acceptors (Lipinski definition) is 4. The van der Waals surface area contributed by atoms with E-state index in [1.165, 1.54) is 22.5 Å². The number of halogens is 1. The third kappa shape index (κ3) is 4.03. The summed E-state index contributed by atoms with van der Waals surface area (Å²) in [7, 11) is -3.80.